The summed E-state index contributed by atoms with van der Waals surface area (Å²) in [6.45, 7) is 3.69. The topological polar surface area (TPSA) is 104 Å². The Morgan fingerprint density at radius 1 is 1.17 bits per heavy atom. The van der Waals surface area contributed by atoms with Crippen molar-refractivity contribution in [1.82, 2.24) is 19.9 Å². The van der Waals surface area contributed by atoms with Gasteiger partial charge in [0.25, 0.3) is 0 Å². The molecule has 0 radical (unpaired) electrons. The van der Waals surface area contributed by atoms with Gasteiger partial charge in [-0.3, -0.25) is 10.1 Å². The maximum absolute atomic E-state index is 12.6. The fourth-order valence-electron chi connectivity index (χ4n) is 3.38. The number of halogens is 1. The zero-order chi connectivity index (χ0) is 21.1. The van der Waals surface area contributed by atoms with Crippen molar-refractivity contribution in [3.63, 3.8) is 0 Å². The molecule has 0 saturated carbocycles. The monoisotopic (exact) mass is 427 g/mol. The molecule has 30 heavy (non-hydrogen) atoms. The minimum atomic E-state index is -0.310. The Labute approximate surface area is 178 Å². The third-order valence-corrected chi connectivity index (χ3v) is 5.13. The molecule has 156 valence electrons. The molecule has 3 heterocycles. The average Bonchev–Trinajstić information content (AvgIpc) is 3.36. The van der Waals surface area contributed by atoms with Gasteiger partial charge in [0.2, 0.25) is 5.91 Å². The van der Waals surface area contributed by atoms with Crippen molar-refractivity contribution in [2.75, 3.05) is 35.2 Å². The van der Waals surface area contributed by atoms with E-state index in [9.17, 15) is 9.59 Å². The minimum absolute atomic E-state index is 0.0167. The lowest BCUT2D eigenvalue weighted by molar-refractivity contribution is -0.119. The number of hydrogen-bond donors (Lipinski definition) is 3. The summed E-state index contributed by atoms with van der Waals surface area (Å²) in [5, 5.41) is 13.5. The quantitative estimate of drug-likeness (QED) is 0.580. The summed E-state index contributed by atoms with van der Waals surface area (Å²) in [5.41, 5.74) is 1.36. The molecule has 1 atom stereocenters. The highest BCUT2D eigenvalue weighted by molar-refractivity contribution is 6.30. The molecule has 1 aliphatic heterocycles. The second-order valence-corrected chi connectivity index (χ2v) is 7.47. The molecule has 3 N–H and O–H groups in total. The van der Waals surface area contributed by atoms with Crippen LogP contribution in [0, 0.1) is 5.92 Å². The highest BCUT2D eigenvalue weighted by Gasteiger charge is 2.29. The van der Waals surface area contributed by atoms with Gasteiger partial charge < -0.3 is 15.5 Å². The van der Waals surface area contributed by atoms with Crippen LogP contribution in [-0.4, -0.2) is 46.2 Å². The average molecular weight is 428 g/mol. The minimum Gasteiger partial charge on any atom is -0.354 e. The maximum atomic E-state index is 12.6. The number of fused-ring (bicyclic) bond motifs is 1. The van der Waals surface area contributed by atoms with Crippen LogP contribution in [-0.2, 0) is 4.79 Å². The van der Waals surface area contributed by atoms with E-state index in [1.807, 2.05) is 19.1 Å². The number of anilines is 3. The molecule has 1 fully saturated rings. The summed E-state index contributed by atoms with van der Waals surface area (Å²) in [6.07, 6.45) is 2.40. The van der Waals surface area contributed by atoms with Gasteiger partial charge in [0.05, 0.1) is 12.1 Å². The predicted molar refractivity (Wildman–Crippen MR) is 116 cm³/mol. The molecule has 0 aliphatic carbocycles. The molecule has 1 saturated heterocycles. The molecule has 3 amide bonds. The lowest BCUT2D eigenvalue weighted by Gasteiger charge is -2.17. The molecule has 1 unspecified atom stereocenters. The van der Waals surface area contributed by atoms with E-state index in [1.165, 1.54) is 0 Å². The summed E-state index contributed by atoms with van der Waals surface area (Å²) in [6, 6.07) is 10.5. The van der Waals surface area contributed by atoms with Crippen molar-refractivity contribution in [1.29, 1.82) is 0 Å². The van der Waals surface area contributed by atoms with E-state index in [0.717, 1.165) is 24.5 Å². The number of carbonyl (C=O) groups is 2. The van der Waals surface area contributed by atoms with Crippen LogP contribution in [0.15, 0.2) is 42.6 Å². The van der Waals surface area contributed by atoms with Gasteiger partial charge in [-0.05, 0) is 49.7 Å². The van der Waals surface area contributed by atoms with Crippen LogP contribution >= 0.6 is 11.6 Å². The number of hydrogen-bond acceptors (Lipinski definition) is 5. The van der Waals surface area contributed by atoms with Gasteiger partial charge in [0.1, 0.15) is 5.82 Å². The lowest BCUT2D eigenvalue weighted by atomic mass is 10.1. The third-order valence-electron chi connectivity index (χ3n) is 4.88. The number of benzene rings is 1. The molecule has 0 spiro atoms. The first-order chi connectivity index (χ1) is 14.5. The Kier molecular flexibility index (Phi) is 5.71. The zero-order valence-electron chi connectivity index (χ0n) is 16.4. The van der Waals surface area contributed by atoms with Gasteiger partial charge >= 0.3 is 6.03 Å². The van der Waals surface area contributed by atoms with Crippen LogP contribution in [0.25, 0.3) is 5.65 Å². The highest BCUT2D eigenvalue weighted by atomic mass is 35.5. The van der Waals surface area contributed by atoms with Gasteiger partial charge in [-0.2, -0.15) is 0 Å². The summed E-state index contributed by atoms with van der Waals surface area (Å²) < 4.78 is 1.62. The van der Waals surface area contributed by atoms with E-state index in [4.69, 9.17) is 11.6 Å². The molecule has 9 nitrogen and oxygen atoms in total. The predicted octanol–water partition coefficient (Wildman–Crippen LogP) is 2.99. The summed E-state index contributed by atoms with van der Waals surface area (Å²) in [7, 11) is 0. The Hall–Kier alpha value is -3.33. The van der Waals surface area contributed by atoms with E-state index >= 15 is 0 Å². The van der Waals surface area contributed by atoms with Crippen molar-refractivity contribution >= 4 is 46.5 Å². The Morgan fingerprint density at radius 2 is 1.97 bits per heavy atom. The standard InChI is InChI=1S/C20H22ClN7O2/c1-2-22-20(30)25-16-12-28-17(24-16)7-8-18(26-28)27-10-9-13(11-27)19(29)23-15-5-3-14(21)4-6-15/h3-8,12-13H,2,9-11H2,1H3,(H,23,29)(H2,22,25,30). The second kappa shape index (κ2) is 8.58. The largest absolute Gasteiger partial charge is 0.354 e. The summed E-state index contributed by atoms with van der Waals surface area (Å²) >= 11 is 5.89. The van der Waals surface area contributed by atoms with Crippen LogP contribution in [0.4, 0.5) is 22.1 Å². The van der Waals surface area contributed by atoms with Crippen molar-refractivity contribution in [2.24, 2.45) is 5.92 Å². The summed E-state index contributed by atoms with van der Waals surface area (Å²) in [5.74, 6) is 1.03. The van der Waals surface area contributed by atoms with E-state index in [-0.39, 0.29) is 17.9 Å². The first-order valence-corrected chi connectivity index (χ1v) is 10.1. The van der Waals surface area contributed by atoms with Crippen LogP contribution in [0.1, 0.15) is 13.3 Å². The van der Waals surface area contributed by atoms with Crippen molar-refractivity contribution in [3.05, 3.63) is 47.6 Å². The van der Waals surface area contributed by atoms with Crippen molar-refractivity contribution < 1.29 is 9.59 Å². The number of rotatable bonds is 5. The fraction of sp³-hybridized carbons (Fsp3) is 0.300. The number of urea groups is 1. The van der Waals surface area contributed by atoms with Gasteiger partial charge in [0, 0.05) is 30.3 Å². The summed E-state index contributed by atoms with van der Waals surface area (Å²) in [4.78, 5) is 30.7. The molecule has 1 aromatic carbocycles. The number of amides is 3. The second-order valence-electron chi connectivity index (χ2n) is 7.03. The lowest BCUT2D eigenvalue weighted by Crippen LogP contribution is -2.28. The number of aromatic nitrogens is 3. The van der Waals surface area contributed by atoms with Crippen molar-refractivity contribution in [2.45, 2.75) is 13.3 Å². The number of nitrogens with one attached hydrogen (secondary N) is 3. The third kappa shape index (κ3) is 4.46. The molecule has 2 aromatic heterocycles. The van der Waals surface area contributed by atoms with Gasteiger partial charge in [-0.25, -0.2) is 14.3 Å². The molecule has 4 rings (SSSR count). The zero-order valence-corrected chi connectivity index (χ0v) is 17.2. The Balaban J connectivity index is 1.41. The van der Waals surface area contributed by atoms with E-state index in [0.29, 0.717) is 29.6 Å². The van der Waals surface area contributed by atoms with Gasteiger partial charge in [-0.15, -0.1) is 5.10 Å². The highest BCUT2D eigenvalue weighted by Crippen LogP contribution is 2.24. The molecule has 0 bridgehead atoms. The number of imidazole rings is 1. The van der Waals surface area contributed by atoms with E-state index in [1.54, 1.807) is 35.0 Å². The number of nitrogens with zero attached hydrogens (tertiary/aromatic N) is 4. The normalized spacial score (nSPS) is 15.9. The smallest absolute Gasteiger partial charge is 0.320 e. The van der Waals surface area contributed by atoms with Crippen molar-refractivity contribution in [3.8, 4) is 0 Å². The maximum Gasteiger partial charge on any atom is 0.320 e. The van der Waals surface area contributed by atoms with Crippen LogP contribution in [0.3, 0.4) is 0 Å². The van der Waals surface area contributed by atoms with E-state index < -0.39 is 0 Å². The Bertz CT molecular complexity index is 1070. The van der Waals surface area contributed by atoms with Crippen LogP contribution in [0.2, 0.25) is 5.02 Å². The van der Waals surface area contributed by atoms with Gasteiger partial charge in [0.15, 0.2) is 11.5 Å². The van der Waals surface area contributed by atoms with Gasteiger partial charge in [-0.1, -0.05) is 11.6 Å². The Morgan fingerprint density at radius 3 is 2.73 bits per heavy atom. The van der Waals surface area contributed by atoms with Crippen LogP contribution in [0.5, 0.6) is 0 Å². The molecule has 1 aliphatic rings. The first-order valence-electron chi connectivity index (χ1n) is 9.74. The molecular formula is C20H22ClN7O2. The van der Waals surface area contributed by atoms with Crippen LogP contribution < -0.4 is 20.9 Å². The molecule has 3 aromatic rings. The molecular weight excluding hydrogens is 406 g/mol. The first kappa shape index (κ1) is 20.0. The molecule has 10 heteroatoms. The van der Waals surface area contributed by atoms with E-state index in [2.05, 4.69) is 30.9 Å². The number of carbonyl (C=O) groups excluding carboxylic acids is 2. The fourth-order valence-corrected chi connectivity index (χ4v) is 3.51. The SMILES string of the molecule is CCNC(=O)Nc1cn2nc(N3CCC(C(=O)Nc4ccc(Cl)cc4)C3)ccc2n1.